The number of carbonyl (C=O) groups is 1. The Morgan fingerprint density at radius 3 is 2.91 bits per heavy atom. The third kappa shape index (κ3) is 2.63. The van der Waals surface area contributed by atoms with E-state index in [1.807, 2.05) is 23.1 Å². The summed E-state index contributed by atoms with van der Waals surface area (Å²) < 4.78 is 4.97. The number of hydrogen-bond acceptors (Lipinski definition) is 5. The number of benzene rings is 1. The molecule has 0 aliphatic carbocycles. The van der Waals surface area contributed by atoms with Gasteiger partial charge in [0.25, 0.3) is 0 Å². The van der Waals surface area contributed by atoms with Crippen molar-refractivity contribution in [2.24, 2.45) is 0 Å². The van der Waals surface area contributed by atoms with E-state index in [-0.39, 0.29) is 18.5 Å². The van der Waals surface area contributed by atoms with Gasteiger partial charge in [0.1, 0.15) is 6.17 Å². The van der Waals surface area contributed by atoms with Crippen molar-refractivity contribution < 1.29 is 9.32 Å². The molecule has 2 saturated heterocycles. The van der Waals surface area contributed by atoms with Crippen LogP contribution in [0.25, 0.3) is 0 Å². The van der Waals surface area contributed by atoms with Crippen LogP contribution < -0.4 is 0 Å². The molecule has 1 amide bonds. The number of carbonyl (C=O) groups excluding carboxylic acids is 1. The fourth-order valence-corrected chi connectivity index (χ4v) is 3.77. The van der Waals surface area contributed by atoms with E-state index in [4.69, 9.17) is 4.52 Å². The molecule has 2 unspecified atom stereocenters. The molecular weight excluding hydrogens is 292 g/mol. The highest BCUT2D eigenvalue weighted by molar-refractivity contribution is 5.78. The maximum absolute atomic E-state index is 12.8. The van der Waals surface area contributed by atoms with Crippen molar-refractivity contribution in [3.63, 3.8) is 0 Å². The van der Waals surface area contributed by atoms with Gasteiger partial charge in [-0.3, -0.25) is 9.69 Å². The Morgan fingerprint density at radius 1 is 1.35 bits per heavy atom. The van der Waals surface area contributed by atoms with Gasteiger partial charge < -0.3 is 9.42 Å². The number of amides is 1. The summed E-state index contributed by atoms with van der Waals surface area (Å²) >= 11 is 0. The lowest BCUT2D eigenvalue weighted by Gasteiger charge is -2.29. The average molecular weight is 312 g/mol. The largest absolute Gasteiger partial charge is 0.340 e. The molecule has 1 aromatic heterocycles. The van der Waals surface area contributed by atoms with Crippen molar-refractivity contribution in [3.8, 4) is 0 Å². The van der Waals surface area contributed by atoms with Gasteiger partial charge >= 0.3 is 0 Å². The Labute approximate surface area is 135 Å². The van der Waals surface area contributed by atoms with E-state index >= 15 is 0 Å². The molecule has 23 heavy (non-hydrogen) atoms. The van der Waals surface area contributed by atoms with Gasteiger partial charge in [-0.15, -0.1) is 0 Å². The van der Waals surface area contributed by atoms with Gasteiger partial charge in [-0.05, 0) is 18.4 Å². The predicted molar refractivity (Wildman–Crippen MR) is 83.4 cm³/mol. The van der Waals surface area contributed by atoms with Gasteiger partial charge in [0.05, 0.1) is 6.42 Å². The number of rotatable bonds is 3. The van der Waals surface area contributed by atoms with Crippen LogP contribution >= 0.6 is 0 Å². The highest BCUT2D eigenvalue weighted by Crippen LogP contribution is 2.38. The standard InChI is InChI=1S/C17H20N4O2/c1-12-18-15(19-23-12)10-16(22)21-11-14-8-5-9-20(14)17(21)13-6-3-2-4-7-13/h2-4,6-7,14,17H,5,8-11H2,1H3. The SMILES string of the molecule is Cc1nc(CC(=O)N2CC3CCCN3C2c2ccccc2)no1. The summed E-state index contributed by atoms with van der Waals surface area (Å²) in [6, 6.07) is 10.7. The Balaban J connectivity index is 1.59. The zero-order chi connectivity index (χ0) is 15.8. The minimum Gasteiger partial charge on any atom is -0.340 e. The molecule has 0 N–H and O–H groups in total. The highest BCUT2D eigenvalue weighted by Gasteiger charge is 2.44. The van der Waals surface area contributed by atoms with E-state index in [0.29, 0.717) is 17.8 Å². The zero-order valence-electron chi connectivity index (χ0n) is 13.2. The summed E-state index contributed by atoms with van der Waals surface area (Å²) in [7, 11) is 0. The number of fused-ring (bicyclic) bond motifs is 1. The molecule has 0 radical (unpaired) electrons. The number of aromatic nitrogens is 2. The van der Waals surface area contributed by atoms with Gasteiger partial charge in [0.2, 0.25) is 11.8 Å². The van der Waals surface area contributed by atoms with Crippen molar-refractivity contribution in [2.45, 2.75) is 38.4 Å². The first-order valence-electron chi connectivity index (χ1n) is 8.12. The van der Waals surface area contributed by atoms with E-state index in [0.717, 1.165) is 19.5 Å². The molecule has 2 aliphatic heterocycles. The van der Waals surface area contributed by atoms with Crippen LogP contribution in [0.1, 0.15) is 36.3 Å². The summed E-state index contributed by atoms with van der Waals surface area (Å²) in [5, 5.41) is 3.85. The molecule has 0 spiro atoms. The Morgan fingerprint density at radius 2 is 2.17 bits per heavy atom. The maximum Gasteiger partial charge on any atom is 0.231 e. The van der Waals surface area contributed by atoms with Crippen LogP contribution in [0.15, 0.2) is 34.9 Å². The quantitative estimate of drug-likeness (QED) is 0.866. The van der Waals surface area contributed by atoms with Gasteiger partial charge in [-0.25, -0.2) is 0 Å². The molecule has 1 aromatic carbocycles. The molecule has 3 heterocycles. The molecule has 2 fully saturated rings. The molecule has 0 bridgehead atoms. The fraction of sp³-hybridized carbons (Fsp3) is 0.471. The van der Waals surface area contributed by atoms with Crippen LogP contribution in [-0.4, -0.2) is 45.0 Å². The van der Waals surface area contributed by atoms with Crippen LogP contribution in [0, 0.1) is 6.92 Å². The molecule has 2 atom stereocenters. The third-order valence-corrected chi connectivity index (χ3v) is 4.74. The lowest BCUT2D eigenvalue weighted by molar-refractivity contribution is -0.133. The van der Waals surface area contributed by atoms with Crippen LogP contribution in [0.3, 0.4) is 0 Å². The Bertz CT molecular complexity index is 700. The Kier molecular flexibility index (Phi) is 3.61. The molecule has 6 nitrogen and oxygen atoms in total. The van der Waals surface area contributed by atoms with Crippen LogP contribution in [0.4, 0.5) is 0 Å². The van der Waals surface area contributed by atoms with Crippen molar-refractivity contribution in [1.29, 1.82) is 0 Å². The molecule has 2 aliphatic rings. The molecule has 6 heteroatoms. The van der Waals surface area contributed by atoms with Crippen LogP contribution in [-0.2, 0) is 11.2 Å². The van der Waals surface area contributed by atoms with Gasteiger partial charge in [0.15, 0.2) is 5.82 Å². The molecule has 0 saturated carbocycles. The smallest absolute Gasteiger partial charge is 0.231 e. The molecular formula is C17H20N4O2. The van der Waals surface area contributed by atoms with Gasteiger partial charge in [-0.1, -0.05) is 35.5 Å². The first kappa shape index (κ1) is 14.4. The fourth-order valence-electron chi connectivity index (χ4n) is 3.77. The van der Waals surface area contributed by atoms with Crippen LogP contribution in [0.5, 0.6) is 0 Å². The topological polar surface area (TPSA) is 62.5 Å². The molecule has 4 rings (SSSR count). The van der Waals surface area contributed by atoms with Crippen molar-refractivity contribution >= 4 is 5.91 Å². The number of hydrogen-bond donors (Lipinski definition) is 0. The minimum atomic E-state index is 0.0317. The average Bonchev–Trinajstić information content (AvgIpc) is 3.23. The first-order valence-corrected chi connectivity index (χ1v) is 8.12. The molecule has 2 aromatic rings. The highest BCUT2D eigenvalue weighted by atomic mass is 16.5. The summed E-state index contributed by atoms with van der Waals surface area (Å²) in [5.41, 5.74) is 1.18. The maximum atomic E-state index is 12.8. The van der Waals surface area contributed by atoms with E-state index < -0.39 is 0 Å². The summed E-state index contributed by atoms with van der Waals surface area (Å²) in [6.07, 6.45) is 2.60. The lowest BCUT2D eigenvalue weighted by Crippen LogP contribution is -2.36. The second-order valence-corrected chi connectivity index (χ2v) is 6.27. The van der Waals surface area contributed by atoms with E-state index in [1.165, 1.54) is 12.0 Å². The van der Waals surface area contributed by atoms with Gasteiger partial charge in [0, 0.05) is 26.1 Å². The summed E-state index contributed by atoms with van der Waals surface area (Å²) in [4.78, 5) is 21.4. The van der Waals surface area contributed by atoms with Crippen molar-refractivity contribution in [1.82, 2.24) is 19.9 Å². The van der Waals surface area contributed by atoms with Crippen LogP contribution in [0.2, 0.25) is 0 Å². The second kappa shape index (κ2) is 5.77. The third-order valence-electron chi connectivity index (χ3n) is 4.74. The monoisotopic (exact) mass is 312 g/mol. The molecule has 120 valence electrons. The summed E-state index contributed by atoms with van der Waals surface area (Å²) in [6.45, 7) is 3.57. The normalized spacial score (nSPS) is 24.1. The first-order chi connectivity index (χ1) is 11.2. The van der Waals surface area contributed by atoms with Gasteiger partial charge in [-0.2, -0.15) is 4.98 Å². The minimum absolute atomic E-state index is 0.0317. The second-order valence-electron chi connectivity index (χ2n) is 6.27. The number of nitrogens with zero attached hydrogens (tertiary/aromatic N) is 4. The van der Waals surface area contributed by atoms with Crippen molar-refractivity contribution in [3.05, 3.63) is 47.6 Å². The predicted octanol–water partition coefficient (Wildman–Crippen LogP) is 1.93. The number of aryl methyl sites for hydroxylation is 1. The van der Waals surface area contributed by atoms with Crippen molar-refractivity contribution in [2.75, 3.05) is 13.1 Å². The summed E-state index contributed by atoms with van der Waals surface area (Å²) in [5.74, 6) is 1.02. The van der Waals surface area contributed by atoms with E-state index in [2.05, 4.69) is 27.2 Å². The van der Waals surface area contributed by atoms with E-state index in [9.17, 15) is 4.79 Å². The lowest BCUT2D eigenvalue weighted by atomic mass is 10.1. The zero-order valence-corrected chi connectivity index (χ0v) is 13.2. The Hall–Kier alpha value is -2.21. The van der Waals surface area contributed by atoms with E-state index in [1.54, 1.807) is 6.92 Å².